The van der Waals surface area contributed by atoms with Crippen molar-refractivity contribution >= 4 is 39.7 Å². The quantitative estimate of drug-likeness (QED) is 0.511. The number of methoxy groups -OCH3 is 1. The zero-order chi connectivity index (χ0) is 22.0. The van der Waals surface area contributed by atoms with Crippen LogP contribution in [0.15, 0.2) is 48.5 Å². The van der Waals surface area contributed by atoms with Crippen molar-refractivity contribution in [3.63, 3.8) is 0 Å². The number of rotatable bonds is 5. The Balaban J connectivity index is 1.64. The van der Waals surface area contributed by atoms with Gasteiger partial charge in [0.05, 0.1) is 12.6 Å². The van der Waals surface area contributed by atoms with Gasteiger partial charge in [-0.3, -0.25) is 0 Å². The van der Waals surface area contributed by atoms with Crippen molar-refractivity contribution in [1.82, 2.24) is 10.3 Å². The number of nitrogens with one attached hydrogen (secondary N) is 2. The van der Waals surface area contributed by atoms with E-state index in [1.54, 1.807) is 7.11 Å². The van der Waals surface area contributed by atoms with E-state index < -0.39 is 0 Å². The van der Waals surface area contributed by atoms with Crippen molar-refractivity contribution in [3.8, 4) is 5.75 Å². The summed E-state index contributed by atoms with van der Waals surface area (Å²) in [6.45, 7) is 8.73. The SMILES string of the molecule is COc1ccc2c(N3CCC(NC(C)(C)C)CC3)cc(Nc3ccc(Cl)cc3)nc2c1. The van der Waals surface area contributed by atoms with Crippen molar-refractivity contribution in [2.45, 2.75) is 45.2 Å². The van der Waals surface area contributed by atoms with Crippen LogP contribution in [0.1, 0.15) is 33.6 Å². The van der Waals surface area contributed by atoms with Crippen LogP contribution < -0.4 is 20.3 Å². The maximum atomic E-state index is 6.04. The highest BCUT2D eigenvalue weighted by molar-refractivity contribution is 6.30. The molecule has 2 heterocycles. The van der Waals surface area contributed by atoms with Gasteiger partial charge in [-0.05, 0) is 70.0 Å². The Bertz CT molecular complexity index is 1040. The lowest BCUT2D eigenvalue weighted by atomic mass is 9.99. The lowest BCUT2D eigenvalue weighted by Crippen LogP contribution is -2.49. The minimum Gasteiger partial charge on any atom is -0.497 e. The molecule has 0 bridgehead atoms. The van der Waals surface area contributed by atoms with Gasteiger partial charge in [-0.2, -0.15) is 0 Å². The summed E-state index contributed by atoms with van der Waals surface area (Å²) in [5.41, 5.74) is 3.22. The number of hydrogen-bond donors (Lipinski definition) is 2. The van der Waals surface area contributed by atoms with Gasteiger partial charge in [0.15, 0.2) is 0 Å². The van der Waals surface area contributed by atoms with Crippen LogP contribution in [0.4, 0.5) is 17.2 Å². The molecule has 0 atom stereocenters. The van der Waals surface area contributed by atoms with Crippen molar-refractivity contribution < 1.29 is 4.74 Å². The fraction of sp³-hybridized carbons (Fsp3) is 0.400. The highest BCUT2D eigenvalue weighted by atomic mass is 35.5. The monoisotopic (exact) mass is 438 g/mol. The molecule has 164 valence electrons. The van der Waals surface area contributed by atoms with Crippen LogP contribution in [0.5, 0.6) is 5.75 Å². The smallest absolute Gasteiger partial charge is 0.133 e. The van der Waals surface area contributed by atoms with E-state index in [9.17, 15) is 0 Å². The van der Waals surface area contributed by atoms with Crippen LogP contribution in [-0.2, 0) is 0 Å². The topological polar surface area (TPSA) is 49.4 Å². The lowest BCUT2D eigenvalue weighted by molar-refractivity contribution is 0.317. The number of hydrogen-bond acceptors (Lipinski definition) is 5. The third-order valence-corrected chi connectivity index (χ3v) is 5.84. The molecule has 2 N–H and O–H groups in total. The first-order valence-corrected chi connectivity index (χ1v) is 11.2. The predicted octanol–water partition coefficient (Wildman–Crippen LogP) is 6.00. The van der Waals surface area contributed by atoms with Crippen LogP contribution in [0.25, 0.3) is 10.9 Å². The van der Waals surface area contributed by atoms with Crippen LogP contribution in [-0.4, -0.2) is 36.8 Å². The molecular weight excluding hydrogens is 408 g/mol. The van der Waals surface area contributed by atoms with Crippen LogP contribution >= 0.6 is 11.6 Å². The van der Waals surface area contributed by atoms with E-state index in [4.69, 9.17) is 21.3 Å². The molecule has 6 heteroatoms. The highest BCUT2D eigenvalue weighted by Gasteiger charge is 2.24. The normalized spacial score (nSPS) is 15.3. The summed E-state index contributed by atoms with van der Waals surface area (Å²) in [5, 5.41) is 9.04. The molecule has 0 saturated carbocycles. The summed E-state index contributed by atoms with van der Waals surface area (Å²) in [6, 6.07) is 16.5. The average Bonchev–Trinajstić information content (AvgIpc) is 2.74. The van der Waals surface area contributed by atoms with E-state index in [1.807, 2.05) is 36.4 Å². The van der Waals surface area contributed by atoms with Gasteiger partial charge >= 0.3 is 0 Å². The van der Waals surface area contributed by atoms with Gasteiger partial charge in [-0.15, -0.1) is 0 Å². The number of anilines is 3. The standard InChI is InChI=1S/C25H31ClN4O/c1-25(2,3)29-19-11-13-30(14-12-19)23-16-24(27-18-7-5-17(26)6-8-18)28-22-15-20(31-4)9-10-21(22)23/h5-10,15-16,19,29H,11-14H2,1-4H3,(H,27,28). The van der Waals surface area contributed by atoms with E-state index in [0.29, 0.717) is 11.1 Å². The Morgan fingerprint density at radius 1 is 1.03 bits per heavy atom. The Morgan fingerprint density at radius 3 is 2.39 bits per heavy atom. The van der Waals surface area contributed by atoms with E-state index >= 15 is 0 Å². The number of pyridine rings is 1. The Morgan fingerprint density at radius 2 is 1.74 bits per heavy atom. The molecule has 0 unspecified atom stereocenters. The molecule has 1 saturated heterocycles. The van der Waals surface area contributed by atoms with Crippen molar-refractivity contribution in [2.24, 2.45) is 0 Å². The van der Waals surface area contributed by atoms with Crippen LogP contribution in [0.3, 0.4) is 0 Å². The largest absolute Gasteiger partial charge is 0.497 e. The minimum atomic E-state index is 0.141. The highest BCUT2D eigenvalue weighted by Crippen LogP contribution is 2.34. The number of aromatic nitrogens is 1. The van der Waals surface area contributed by atoms with Gasteiger partial charge in [0.1, 0.15) is 11.6 Å². The molecule has 0 radical (unpaired) electrons. The number of nitrogens with zero attached hydrogens (tertiary/aromatic N) is 2. The molecule has 1 fully saturated rings. The maximum Gasteiger partial charge on any atom is 0.133 e. The summed E-state index contributed by atoms with van der Waals surface area (Å²) in [4.78, 5) is 7.33. The number of ether oxygens (including phenoxy) is 1. The van der Waals surface area contributed by atoms with Gasteiger partial charge in [0, 0.05) is 58.6 Å². The first-order chi connectivity index (χ1) is 14.8. The molecule has 5 nitrogen and oxygen atoms in total. The second-order valence-corrected chi connectivity index (χ2v) is 9.63. The second kappa shape index (κ2) is 8.93. The van der Waals surface area contributed by atoms with E-state index in [0.717, 1.165) is 54.1 Å². The van der Waals surface area contributed by atoms with Crippen molar-refractivity contribution in [1.29, 1.82) is 0 Å². The van der Waals surface area contributed by atoms with Gasteiger partial charge in [0.2, 0.25) is 0 Å². The van der Waals surface area contributed by atoms with Gasteiger partial charge in [0.25, 0.3) is 0 Å². The second-order valence-electron chi connectivity index (χ2n) is 9.20. The molecule has 2 aromatic carbocycles. The van der Waals surface area contributed by atoms with E-state index in [1.165, 1.54) is 5.69 Å². The first-order valence-electron chi connectivity index (χ1n) is 10.8. The molecule has 0 spiro atoms. The summed E-state index contributed by atoms with van der Waals surface area (Å²) in [7, 11) is 1.69. The van der Waals surface area contributed by atoms with Crippen LogP contribution in [0, 0.1) is 0 Å². The minimum absolute atomic E-state index is 0.141. The Hall–Kier alpha value is -2.50. The summed E-state index contributed by atoms with van der Waals surface area (Å²) >= 11 is 6.04. The Kier molecular flexibility index (Phi) is 6.26. The molecular formula is C25H31ClN4O. The maximum absolute atomic E-state index is 6.04. The first kappa shape index (κ1) is 21.7. The third-order valence-electron chi connectivity index (χ3n) is 5.58. The molecule has 1 aliphatic heterocycles. The molecule has 31 heavy (non-hydrogen) atoms. The van der Waals surface area contributed by atoms with Gasteiger partial charge < -0.3 is 20.3 Å². The number of piperidine rings is 1. The van der Waals surface area contributed by atoms with E-state index in [2.05, 4.69) is 48.4 Å². The van der Waals surface area contributed by atoms with Gasteiger partial charge in [-0.25, -0.2) is 4.98 Å². The summed E-state index contributed by atoms with van der Waals surface area (Å²) < 4.78 is 5.44. The molecule has 3 aromatic rings. The molecule has 0 amide bonds. The van der Waals surface area contributed by atoms with E-state index in [-0.39, 0.29) is 5.54 Å². The molecule has 4 rings (SSSR count). The average molecular weight is 439 g/mol. The predicted molar refractivity (Wildman–Crippen MR) is 131 cm³/mol. The number of benzene rings is 2. The zero-order valence-corrected chi connectivity index (χ0v) is 19.5. The lowest BCUT2D eigenvalue weighted by Gasteiger charge is -2.37. The Labute approximate surface area is 189 Å². The van der Waals surface area contributed by atoms with Crippen molar-refractivity contribution in [2.75, 3.05) is 30.4 Å². The van der Waals surface area contributed by atoms with Crippen LogP contribution in [0.2, 0.25) is 5.02 Å². The molecule has 1 aromatic heterocycles. The van der Waals surface area contributed by atoms with Gasteiger partial charge in [-0.1, -0.05) is 11.6 Å². The fourth-order valence-corrected chi connectivity index (χ4v) is 4.33. The number of halogens is 1. The van der Waals surface area contributed by atoms with Crippen molar-refractivity contribution in [3.05, 3.63) is 53.6 Å². The summed E-state index contributed by atoms with van der Waals surface area (Å²) in [6.07, 6.45) is 2.24. The third kappa shape index (κ3) is 5.41. The fourth-order valence-electron chi connectivity index (χ4n) is 4.20. The number of fused-ring (bicyclic) bond motifs is 1. The molecule has 0 aliphatic carbocycles. The summed E-state index contributed by atoms with van der Waals surface area (Å²) in [5.74, 6) is 1.62. The molecule has 1 aliphatic rings. The zero-order valence-electron chi connectivity index (χ0n) is 18.7.